The van der Waals surface area contributed by atoms with E-state index in [0.717, 1.165) is 33.2 Å². The Bertz CT molecular complexity index is 2980. The molecule has 11 rings (SSSR count). The number of rotatable bonds is 2. The summed E-state index contributed by atoms with van der Waals surface area (Å²) in [6, 6.07) is 56.8. The monoisotopic (exact) mass is 644 g/mol. The van der Waals surface area contributed by atoms with Crippen molar-refractivity contribution in [3.63, 3.8) is 0 Å². The molecular formula is C44H28N4S. The summed E-state index contributed by atoms with van der Waals surface area (Å²) in [6.45, 7) is 0. The second kappa shape index (κ2) is 10.2. The van der Waals surface area contributed by atoms with Gasteiger partial charge in [-0.25, -0.2) is 4.99 Å². The van der Waals surface area contributed by atoms with Crippen molar-refractivity contribution in [2.75, 3.05) is 5.32 Å². The van der Waals surface area contributed by atoms with Gasteiger partial charge in [0, 0.05) is 37.3 Å². The third-order valence-corrected chi connectivity index (χ3v) is 11.2. The molecule has 49 heavy (non-hydrogen) atoms. The Balaban J connectivity index is 1.22. The van der Waals surface area contributed by atoms with Crippen LogP contribution in [0, 0.1) is 0 Å². The molecule has 1 aliphatic rings. The van der Waals surface area contributed by atoms with Gasteiger partial charge >= 0.3 is 0 Å². The molecule has 0 saturated carbocycles. The number of hydrogen-bond donors (Lipinski definition) is 1. The van der Waals surface area contributed by atoms with Gasteiger partial charge in [-0.3, -0.25) is 4.57 Å². The number of para-hydroxylation sites is 3. The fraction of sp³-hybridized carbons (Fsp3) is 0.0227. The van der Waals surface area contributed by atoms with E-state index in [2.05, 4.69) is 172 Å². The number of anilines is 1. The molecular weight excluding hydrogens is 617 g/mol. The summed E-state index contributed by atoms with van der Waals surface area (Å²) in [6.07, 6.45) is 0. The molecule has 0 radical (unpaired) electrons. The molecule has 3 aromatic heterocycles. The average molecular weight is 645 g/mol. The third kappa shape index (κ3) is 3.88. The minimum Gasteiger partial charge on any atom is -0.361 e. The van der Waals surface area contributed by atoms with Gasteiger partial charge in [0.05, 0.1) is 22.1 Å². The van der Waals surface area contributed by atoms with Crippen LogP contribution < -0.4 is 5.32 Å². The minimum absolute atomic E-state index is 0.197. The number of fused-ring (bicyclic) bond motifs is 10. The van der Waals surface area contributed by atoms with Crippen molar-refractivity contribution < 1.29 is 0 Å². The summed E-state index contributed by atoms with van der Waals surface area (Å²) in [7, 11) is 0. The van der Waals surface area contributed by atoms with Gasteiger partial charge in [-0.05, 0) is 64.9 Å². The lowest BCUT2D eigenvalue weighted by atomic mass is 10.0. The largest absolute Gasteiger partial charge is 0.361 e. The van der Waals surface area contributed by atoms with Crippen LogP contribution in [0.15, 0.2) is 163 Å². The maximum Gasteiger partial charge on any atom is 0.141 e. The summed E-state index contributed by atoms with van der Waals surface area (Å²) < 4.78 is 6.03. The van der Waals surface area contributed by atoms with Gasteiger partial charge < -0.3 is 9.88 Å². The molecule has 1 atom stereocenters. The van der Waals surface area contributed by atoms with Gasteiger partial charge in [0.15, 0.2) is 0 Å². The number of aliphatic imine (C=N–C) groups is 1. The normalized spacial score (nSPS) is 14.6. The third-order valence-electron chi connectivity index (χ3n) is 10.1. The van der Waals surface area contributed by atoms with Crippen molar-refractivity contribution in [1.29, 1.82) is 0 Å². The molecule has 0 aliphatic carbocycles. The van der Waals surface area contributed by atoms with Crippen molar-refractivity contribution in [2.45, 2.75) is 6.04 Å². The molecule has 0 saturated heterocycles. The molecule has 0 fully saturated rings. The Hall–Kier alpha value is -6.17. The molecule has 4 nitrogen and oxygen atoms in total. The summed E-state index contributed by atoms with van der Waals surface area (Å²) in [5.41, 5.74) is 8.03. The molecule has 1 unspecified atom stereocenters. The topological polar surface area (TPSA) is 34.2 Å². The van der Waals surface area contributed by atoms with Gasteiger partial charge in [0.2, 0.25) is 0 Å². The van der Waals surface area contributed by atoms with Crippen molar-refractivity contribution >= 4 is 92.3 Å². The van der Waals surface area contributed by atoms with E-state index in [1.807, 2.05) is 0 Å². The van der Waals surface area contributed by atoms with E-state index in [1.165, 1.54) is 59.0 Å². The van der Waals surface area contributed by atoms with Crippen LogP contribution in [0.1, 0.15) is 11.6 Å². The highest BCUT2D eigenvalue weighted by molar-refractivity contribution is 7.23. The smallest absolute Gasteiger partial charge is 0.141 e. The molecule has 7 aromatic carbocycles. The molecule has 4 heterocycles. The van der Waals surface area contributed by atoms with Gasteiger partial charge in [-0.2, -0.15) is 0 Å². The van der Waals surface area contributed by atoms with Crippen LogP contribution in [-0.4, -0.2) is 15.0 Å². The molecule has 1 N–H and O–H groups in total. The highest BCUT2D eigenvalue weighted by Crippen LogP contribution is 2.48. The molecule has 5 heteroatoms. The molecule has 1 aliphatic heterocycles. The Morgan fingerprint density at radius 1 is 0.490 bits per heavy atom. The van der Waals surface area contributed by atoms with Gasteiger partial charge in [-0.15, -0.1) is 11.3 Å². The Morgan fingerprint density at radius 2 is 1.10 bits per heavy atom. The first-order chi connectivity index (χ1) is 24.3. The lowest BCUT2D eigenvalue weighted by Gasteiger charge is -2.28. The SMILES string of the molecule is c1ccc(-n2c3ccccc3c3ccc(C4Nc5sc6ccccc6c5N=C4n4c5ccccc5c5cc6ccccc6cc54)cc32)cc1. The standard InChI is InChI=1S/C44H28N4S/c1-2-14-30(15-3-1)47-36-19-9-6-16-31(36)33-23-22-29(26-38(33)47)41-43(45-42-34-18-8-11-21-40(34)49-44(42)46-41)48-37-20-10-7-17-32(37)35-24-27-12-4-5-13-28(27)25-39(35)48/h1-26,41,46H. The van der Waals surface area contributed by atoms with Crippen LogP contribution in [0.3, 0.4) is 0 Å². The van der Waals surface area contributed by atoms with Gasteiger partial charge in [-0.1, -0.05) is 109 Å². The Labute approximate surface area is 285 Å². The van der Waals surface area contributed by atoms with Crippen LogP contribution in [0.2, 0.25) is 0 Å². The van der Waals surface area contributed by atoms with E-state index in [0.29, 0.717) is 0 Å². The van der Waals surface area contributed by atoms with E-state index < -0.39 is 0 Å². The maximum absolute atomic E-state index is 5.64. The first-order valence-corrected chi connectivity index (χ1v) is 17.5. The van der Waals surface area contributed by atoms with Crippen LogP contribution in [0.25, 0.3) is 70.2 Å². The van der Waals surface area contributed by atoms with Crippen LogP contribution in [0.5, 0.6) is 0 Å². The lowest BCUT2D eigenvalue weighted by Crippen LogP contribution is -2.29. The summed E-state index contributed by atoms with van der Waals surface area (Å²) in [5, 5.41) is 13.7. The predicted octanol–water partition coefficient (Wildman–Crippen LogP) is 12.0. The highest BCUT2D eigenvalue weighted by Gasteiger charge is 2.31. The van der Waals surface area contributed by atoms with Gasteiger partial charge in [0.1, 0.15) is 22.6 Å². The van der Waals surface area contributed by atoms with Crippen molar-refractivity contribution in [3.05, 3.63) is 163 Å². The van der Waals surface area contributed by atoms with E-state index in [4.69, 9.17) is 4.99 Å². The van der Waals surface area contributed by atoms with Crippen LogP contribution >= 0.6 is 11.3 Å². The first kappa shape index (κ1) is 26.9. The van der Waals surface area contributed by atoms with E-state index >= 15 is 0 Å². The maximum atomic E-state index is 5.64. The zero-order valence-electron chi connectivity index (χ0n) is 26.3. The van der Waals surface area contributed by atoms with Crippen molar-refractivity contribution in [3.8, 4) is 5.69 Å². The second-order valence-corrected chi connectivity index (χ2v) is 13.9. The highest BCUT2D eigenvalue weighted by atomic mass is 32.1. The first-order valence-electron chi connectivity index (χ1n) is 16.7. The molecule has 0 spiro atoms. The van der Waals surface area contributed by atoms with Crippen LogP contribution in [0.4, 0.5) is 10.7 Å². The molecule has 0 amide bonds. The number of nitrogens with zero attached hydrogens (tertiary/aromatic N) is 3. The van der Waals surface area contributed by atoms with E-state index in [9.17, 15) is 0 Å². The fourth-order valence-electron chi connectivity index (χ4n) is 7.95. The predicted molar refractivity (Wildman–Crippen MR) is 208 cm³/mol. The van der Waals surface area contributed by atoms with E-state index in [1.54, 1.807) is 11.3 Å². The molecule has 230 valence electrons. The fourth-order valence-corrected chi connectivity index (χ4v) is 9.02. The summed E-state index contributed by atoms with van der Waals surface area (Å²) >= 11 is 1.78. The molecule has 10 aromatic rings. The quantitative estimate of drug-likeness (QED) is 0.200. The minimum atomic E-state index is -0.197. The molecule has 0 bridgehead atoms. The second-order valence-electron chi connectivity index (χ2n) is 12.9. The van der Waals surface area contributed by atoms with Gasteiger partial charge in [0.25, 0.3) is 0 Å². The lowest BCUT2D eigenvalue weighted by molar-refractivity contribution is 0.971. The van der Waals surface area contributed by atoms with Crippen molar-refractivity contribution in [2.24, 2.45) is 4.99 Å². The number of hydrogen-bond acceptors (Lipinski definition) is 3. The number of nitrogens with one attached hydrogen (secondary N) is 1. The average Bonchev–Trinajstić information content (AvgIpc) is 3.80. The Morgan fingerprint density at radius 3 is 1.92 bits per heavy atom. The zero-order chi connectivity index (χ0) is 32.1. The Kier molecular flexibility index (Phi) is 5.57. The number of thiophene rings is 1. The zero-order valence-corrected chi connectivity index (χ0v) is 27.2. The number of aromatic nitrogens is 2. The number of benzene rings is 7. The van der Waals surface area contributed by atoms with E-state index in [-0.39, 0.29) is 6.04 Å². The summed E-state index contributed by atoms with van der Waals surface area (Å²) in [5.74, 6) is 0.972. The van der Waals surface area contributed by atoms with Crippen LogP contribution in [-0.2, 0) is 0 Å². The van der Waals surface area contributed by atoms with Crippen molar-refractivity contribution in [1.82, 2.24) is 9.13 Å². The summed E-state index contributed by atoms with van der Waals surface area (Å²) in [4.78, 5) is 5.64.